The second-order valence-electron chi connectivity index (χ2n) is 8.07. The van der Waals surface area contributed by atoms with E-state index in [0.29, 0.717) is 0 Å². The molecule has 1 aliphatic rings. The summed E-state index contributed by atoms with van der Waals surface area (Å²) in [6, 6.07) is 0. The van der Waals surface area contributed by atoms with Gasteiger partial charge in [0.05, 0.1) is 12.8 Å². The lowest BCUT2D eigenvalue weighted by Crippen LogP contribution is -2.57. The van der Waals surface area contributed by atoms with Crippen molar-refractivity contribution in [2.45, 2.75) is 117 Å². The maximum Gasteiger partial charge on any atom is 0.189 e. The first kappa shape index (κ1) is 23.4. The highest BCUT2D eigenvalue weighted by Crippen LogP contribution is 2.26. The number of hydrogen-bond donors (Lipinski definition) is 1. The van der Waals surface area contributed by atoms with E-state index in [4.69, 9.17) is 0 Å². The molecular formula is C23H45N2O+. The summed E-state index contributed by atoms with van der Waals surface area (Å²) >= 11 is 0. The predicted molar refractivity (Wildman–Crippen MR) is 114 cm³/mol. The van der Waals surface area contributed by atoms with Crippen LogP contribution in [0.1, 0.15) is 104 Å². The molecule has 1 aliphatic heterocycles. The molecule has 152 valence electrons. The van der Waals surface area contributed by atoms with E-state index in [1.54, 1.807) is 0 Å². The molecule has 0 amide bonds. The number of nitrogens with zero attached hydrogens (tertiary/aromatic N) is 2. The molecule has 3 unspecified atom stereocenters. The third kappa shape index (κ3) is 8.35. The van der Waals surface area contributed by atoms with Crippen LogP contribution >= 0.6 is 0 Å². The summed E-state index contributed by atoms with van der Waals surface area (Å²) in [6.45, 7) is 8.22. The van der Waals surface area contributed by atoms with Gasteiger partial charge in [-0.1, -0.05) is 64.0 Å². The first-order valence-electron chi connectivity index (χ1n) is 11.4. The van der Waals surface area contributed by atoms with E-state index in [-0.39, 0.29) is 12.4 Å². The van der Waals surface area contributed by atoms with Crippen molar-refractivity contribution in [2.75, 3.05) is 13.1 Å². The fourth-order valence-electron chi connectivity index (χ4n) is 4.13. The lowest BCUT2D eigenvalue weighted by molar-refractivity contribution is -0.976. The SMILES string of the molecule is CCCCC/C=C/CCCCCCCCCC1N=CC[N+]1(CC)C(C)O. The zero-order valence-electron chi connectivity index (χ0n) is 17.8. The molecule has 0 aromatic rings. The average molecular weight is 366 g/mol. The molecule has 1 N–H and O–H groups in total. The Balaban J connectivity index is 1.96. The molecule has 0 bridgehead atoms. The van der Waals surface area contributed by atoms with Crippen LogP contribution in [0.25, 0.3) is 0 Å². The molecule has 0 aliphatic carbocycles. The van der Waals surface area contributed by atoms with Gasteiger partial charge >= 0.3 is 0 Å². The third-order valence-corrected chi connectivity index (χ3v) is 6.10. The number of unbranched alkanes of at least 4 members (excludes halogenated alkanes) is 10. The molecule has 0 aromatic heterocycles. The fraction of sp³-hybridized carbons (Fsp3) is 0.870. The third-order valence-electron chi connectivity index (χ3n) is 6.10. The van der Waals surface area contributed by atoms with Crippen LogP contribution in [0.4, 0.5) is 0 Å². The molecule has 0 saturated heterocycles. The molecular weight excluding hydrogens is 320 g/mol. The summed E-state index contributed by atoms with van der Waals surface area (Å²) in [5.41, 5.74) is 0. The Labute approximate surface area is 163 Å². The van der Waals surface area contributed by atoms with E-state index in [1.165, 1.54) is 77.0 Å². The van der Waals surface area contributed by atoms with Crippen molar-refractivity contribution in [3.05, 3.63) is 12.2 Å². The van der Waals surface area contributed by atoms with Crippen LogP contribution in [-0.2, 0) is 0 Å². The highest BCUT2D eigenvalue weighted by atomic mass is 16.3. The van der Waals surface area contributed by atoms with Crippen LogP contribution in [0.3, 0.4) is 0 Å². The van der Waals surface area contributed by atoms with Gasteiger partial charge in [0.2, 0.25) is 0 Å². The van der Waals surface area contributed by atoms with Gasteiger partial charge in [0.25, 0.3) is 0 Å². The quantitative estimate of drug-likeness (QED) is 0.196. The first-order valence-corrected chi connectivity index (χ1v) is 11.4. The number of aliphatic hydroxyl groups is 1. The Hall–Kier alpha value is -0.670. The number of aliphatic hydroxyl groups excluding tert-OH is 1. The Morgan fingerprint density at radius 3 is 2.12 bits per heavy atom. The topological polar surface area (TPSA) is 32.6 Å². The van der Waals surface area contributed by atoms with Gasteiger partial charge in [-0.05, 0) is 39.0 Å². The van der Waals surface area contributed by atoms with Crippen molar-refractivity contribution in [3.63, 3.8) is 0 Å². The molecule has 0 aromatic carbocycles. The molecule has 1 rings (SSSR count). The molecule has 0 radical (unpaired) electrons. The Morgan fingerprint density at radius 2 is 1.54 bits per heavy atom. The molecule has 3 nitrogen and oxygen atoms in total. The van der Waals surface area contributed by atoms with Gasteiger partial charge in [-0.25, -0.2) is 4.99 Å². The highest BCUT2D eigenvalue weighted by molar-refractivity contribution is 5.60. The Morgan fingerprint density at radius 1 is 0.962 bits per heavy atom. The molecule has 3 heteroatoms. The highest BCUT2D eigenvalue weighted by Gasteiger charge is 2.41. The van der Waals surface area contributed by atoms with Crippen molar-refractivity contribution in [1.82, 2.24) is 0 Å². The van der Waals surface area contributed by atoms with Gasteiger partial charge in [-0.3, -0.25) is 4.48 Å². The normalized spacial score (nSPS) is 23.9. The minimum atomic E-state index is -0.312. The molecule has 3 atom stereocenters. The van der Waals surface area contributed by atoms with Crippen LogP contribution in [0, 0.1) is 0 Å². The maximum atomic E-state index is 10.2. The van der Waals surface area contributed by atoms with E-state index < -0.39 is 0 Å². The van der Waals surface area contributed by atoms with Gasteiger partial charge in [0.1, 0.15) is 6.54 Å². The Kier molecular flexibility index (Phi) is 12.9. The van der Waals surface area contributed by atoms with Gasteiger partial charge in [-0.2, -0.15) is 0 Å². The van der Waals surface area contributed by atoms with Crippen LogP contribution in [0.15, 0.2) is 17.1 Å². The van der Waals surface area contributed by atoms with Crippen molar-refractivity contribution in [3.8, 4) is 0 Å². The van der Waals surface area contributed by atoms with E-state index in [9.17, 15) is 5.11 Å². The van der Waals surface area contributed by atoms with E-state index in [0.717, 1.165) is 24.0 Å². The van der Waals surface area contributed by atoms with Crippen molar-refractivity contribution in [1.29, 1.82) is 0 Å². The van der Waals surface area contributed by atoms with Gasteiger partial charge in [-0.15, -0.1) is 0 Å². The summed E-state index contributed by atoms with van der Waals surface area (Å²) in [6.07, 6.45) is 23.9. The summed E-state index contributed by atoms with van der Waals surface area (Å²) in [7, 11) is 0. The fourth-order valence-corrected chi connectivity index (χ4v) is 4.13. The predicted octanol–water partition coefficient (Wildman–Crippen LogP) is 6.22. The first-order chi connectivity index (χ1) is 12.7. The number of allylic oxidation sites excluding steroid dienone is 2. The number of hydrogen-bond acceptors (Lipinski definition) is 2. The van der Waals surface area contributed by atoms with Crippen LogP contribution < -0.4 is 0 Å². The number of aliphatic imine (C=N–C) groups is 1. The zero-order chi connectivity index (χ0) is 19.1. The lowest BCUT2D eigenvalue weighted by Gasteiger charge is -2.40. The summed E-state index contributed by atoms with van der Waals surface area (Å²) in [5, 5.41) is 10.2. The average Bonchev–Trinajstić information content (AvgIpc) is 3.06. The van der Waals surface area contributed by atoms with E-state index in [2.05, 4.69) is 31.0 Å². The van der Waals surface area contributed by atoms with Gasteiger partial charge < -0.3 is 5.11 Å². The van der Waals surface area contributed by atoms with Crippen molar-refractivity contribution >= 4 is 6.21 Å². The monoisotopic (exact) mass is 365 g/mol. The summed E-state index contributed by atoms with van der Waals surface area (Å²) in [4.78, 5) is 4.66. The zero-order valence-corrected chi connectivity index (χ0v) is 17.8. The minimum Gasteiger partial charge on any atom is -0.345 e. The van der Waals surface area contributed by atoms with Crippen LogP contribution in [-0.4, -0.2) is 41.3 Å². The van der Waals surface area contributed by atoms with Crippen molar-refractivity contribution in [2.24, 2.45) is 4.99 Å². The smallest absolute Gasteiger partial charge is 0.189 e. The molecule has 0 saturated carbocycles. The maximum absolute atomic E-state index is 10.2. The molecule has 0 spiro atoms. The second kappa shape index (κ2) is 14.4. The Bertz CT molecular complexity index is 392. The largest absolute Gasteiger partial charge is 0.345 e. The van der Waals surface area contributed by atoms with Gasteiger partial charge in [0.15, 0.2) is 12.4 Å². The van der Waals surface area contributed by atoms with Crippen LogP contribution in [0.2, 0.25) is 0 Å². The standard InChI is InChI=1S/C23H45N2O/c1-4-6-7-8-9-10-11-12-13-14-15-16-17-18-19-23-24-20-21-25(23,5-2)22(3)26/h9-10,20,22-23,26H,4-8,11-19,21H2,1-3H3/q+1/b10-9+. The molecule has 26 heavy (non-hydrogen) atoms. The second-order valence-corrected chi connectivity index (χ2v) is 8.07. The number of quaternary nitrogens is 1. The number of rotatable bonds is 16. The van der Waals surface area contributed by atoms with Gasteiger partial charge in [0, 0.05) is 13.3 Å². The minimum absolute atomic E-state index is 0.282. The molecule has 0 fully saturated rings. The lowest BCUT2D eigenvalue weighted by atomic mass is 10.1. The van der Waals surface area contributed by atoms with Crippen LogP contribution in [0.5, 0.6) is 0 Å². The molecule has 1 heterocycles. The van der Waals surface area contributed by atoms with E-state index >= 15 is 0 Å². The summed E-state index contributed by atoms with van der Waals surface area (Å²) in [5.74, 6) is 0. The van der Waals surface area contributed by atoms with Crippen molar-refractivity contribution < 1.29 is 9.59 Å². The van der Waals surface area contributed by atoms with E-state index in [1.807, 2.05) is 13.1 Å². The summed E-state index contributed by atoms with van der Waals surface area (Å²) < 4.78 is 0.742.